The summed E-state index contributed by atoms with van der Waals surface area (Å²) in [4.78, 5) is 75.4. The number of benzene rings is 1. The van der Waals surface area contributed by atoms with E-state index in [9.17, 15) is 33.9 Å². The highest BCUT2D eigenvalue weighted by Crippen LogP contribution is 2.21. The van der Waals surface area contributed by atoms with Crippen molar-refractivity contribution in [2.24, 2.45) is 17.6 Å². The Bertz CT molecular complexity index is 1230. The number of thiol groups is 1. The predicted molar refractivity (Wildman–Crippen MR) is 167 cm³/mol. The molecule has 1 aliphatic heterocycles. The van der Waals surface area contributed by atoms with Crippen molar-refractivity contribution in [3.63, 3.8) is 0 Å². The number of nitrogens with one attached hydrogen (secondary N) is 4. The fourth-order valence-corrected chi connectivity index (χ4v) is 5.13. The molecule has 0 bridgehead atoms. The van der Waals surface area contributed by atoms with Gasteiger partial charge in [0.25, 0.3) is 0 Å². The molecular weight excluding hydrogens is 604 g/mol. The lowest BCUT2D eigenvalue weighted by atomic mass is 9.89. The first-order chi connectivity index (χ1) is 21.3. The number of anilines is 1. The van der Waals surface area contributed by atoms with E-state index in [1.165, 1.54) is 4.90 Å². The highest BCUT2D eigenvalue weighted by molar-refractivity contribution is 7.81. The van der Waals surface area contributed by atoms with Crippen molar-refractivity contribution >= 4 is 59.8 Å². The van der Waals surface area contributed by atoms with Gasteiger partial charge in [0.05, 0.1) is 11.3 Å². The first-order valence-electron chi connectivity index (χ1n) is 14.9. The minimum atomic E-state index is -1.15. The number of imide groups is 1. The number of carbonyl (C=O) groups is 6. The maximum absolute atomic E-state index is 13.4. The van der Waals surface area contributed by atoms with Gasteiger partial charge in [0, 0.05) is 50.6 Å². The zero-order valence-electron chi connectivity index (χ0n) is 25.6. The predicted octanol–water partition coefficient (Wildman–Crippen LogP) is 1.22. The van der Waals surface area contributed by atoms with E-state index in [-0.39, 0.29) is 74.8 Å². The first-order valence-corrected chi connectivity index (χ1v) is 15.5. The van der Waals surface area contributed by atoms with Crippen molar-refractivity contribution < 1.29 is 38.6 Å². The number of hydrogen-bond donors (Lipinski definition) is 6. The van der Waals surface area contributed by atoms with Crippen LogP contribution >= 0.6 is 12.6 Å². The van der Waals surface area contributed by atoms with E-state index in [1.54, 1.807) is 38.1 Å². The van der Waals surface area contributed by atoms with Crippen molar-refractivity contribution in [3.8, 4) is 0 Å². The van der Waals surface area contributed by atoms with Gasteiger partial charge in [0.15, 0.2) is 5.78 Å². The third-order valence-electron chi connectivity index (χ3n) is 7.27. The summed E-state index contributed by atoms with van der Waals surface area (Å²) in [6.45, 7) is 4.02. The molecule has 1 aromatic rings. The Balaban J connectivity index is 1.93. The van der Waals surface area contributed by atoms with E-state index >= 15 is 0 Å². The summed E-state index contributed by atoms with van der Waals surface area (Å²) in [6, 6.07) is 4.95. The number of ether oxygens (including phenoxy) is 1. The third kappa shape index (κ3) is 13.2. The molecule has 6 amide bonds. The molecule has 0 radical (unpaired) electrons. The summed E-state index contributed by atoms with van der Waals surface area (Å²) in [7, 11) is 0. The molecule has 1 fully saturated rings. The molecule has 0 aliphatic carbocycles. The molecule has 248 valence electrons. The number of nitrogens with zero attached hydrogens (tertiary/aromatic N) is 1. The molecule has 45 heavy (non-hydrogen) atoms. The number of amides is 6. The summed E-state index contributed by atoms with van der Waals surface area (Å²) >= 11 is 4.11. The molecule has 0 aromatic heterocycles. The second kappa shape index (κ2) is 18.6. The fourth-order valence-electron chi connectivity index (χ4n) is 4.83. The number of unbranched alkanes of at least 4 members (excludes halogenated alkanes) is 2. The van der Waals surface area contributed by atoms with Crippen LogP contribution in [0.5, 0.6) is 0 Å². The van der Waals surface area contributed by atoms with E-state index in [0.717, 1.165) is 0 Å². The number of hydrogen-bond acceptors (Lipinski definition) is 10. The number of ketones is 1. The summed E-state index contributed by atoms with van der Waals surface area (Å²) in [6.07, 6.45) is 1.29. The van der Waals surface area contributed by atoms with E-state index in [0.29, 0.717) is 36.9 Å². The molecule has 0 saturated carbocycles. The van der Waals surface area contributed by atoms with Crippen molar-refractivity contribution in [2.45, 2.75) is 83.1 Å². The number of Topliss-reactive ketones (excluding diaryl/α,β-unsaturated/α-hetero) is 1. The van der Waals surface area contributed by atoms with Gasteiger partial charge in [-0.2, -0.15) is 12.6 Å². The van der Waals surface area contributed by atoms with Crippen LogP contribution in [0.2, 0.25) is 0 Å². The van der Waals surface area contributed by atoms with Gasteiger partial charge in [0.2, 0.25) is 23.6 Å². The minimum Gasteiger partial charge on any atom is -0.596 e. The van der Waals surface area contributed by atoms with Crippen LogP contribution in [-0.2, 0) is 35.3 Å². The van der Waals surface area contributed by atoms with Gasteiger partial charge in [-0.15, -0.1) is 0 Å². The first kappa shape index (κ1) is 37.0. The van der Waals surface area contributed by atoms with Crippen LogP contribution in [0.4, 0.5) is 10.5 Å². The molecule has 14 nitrogen and oxygen atoms in total. The molecular formula is C30H43N6O8S-. The Morgan fingerprint density at radius 1 is 1.11 bits per heavy atom. The van der Waals surface area contributed by atoms with Crippen LogP contribution in [0.3, 0.4) is 0 Å². The Labute approximate surface area is 268 Å². The highest BCUT2D eigenvalue weighted by atomic mass is 32.1. The zero-order valence-corrected chi connectivity index (χ0v) is 26.5. The largest absolute Gasteiger partial charge is 0.596 e. The second-order valence-corrected chi connectivity index (χ2v) is 11.9. The molecule has 1 aromatic carbocycles. The molecule has 1 heterocycles. The average molecular weight is 648 g/mol. The standard InChI is InChI=1S/C30H44N6O8S/c1-18(2)26(35-24(38)8-4-3-5-14-36-25(39)16-23(45)28(36)41)22(37)15-20(7-6-13-33-29(31)42)27(40)34-21-11-9-19(10-12-21)17-44-30(32)43/h9-12,18,20,23,26,45H,3-8,13-17H2,1-2H3,(H2,32,43)(H,34,40)(H,35,38)(H3,31,33,42)/p-1/t20-,23?,26+/m1/s1. The summed E-state index contributed by atoms with van der Waals surface area (Å²) < 4.78 is 4.64. The third-order valence-corrected chi connectivity index (χ3v) is 7.68. The van der Waals surface area contributed by atoms with Crippen LogP contribution < -0.4 is 26.8 Å². The van der Waals surface area contributed by atoms with Crippen molar-refractivity contribution in [3.05, 3.63) is 29.8 Å². The maximum Gasteiger partial charge on any atom is 0.312 e. The molecule has 1 unspecified atom stereocenters. The Hall–Kier alpha value is -4.14. The number of primary amides is 1. The lowest BCUT2D eigenvalue weighted by Gasteiger charge is -2.24. The van der Waals surface area contributed by atoms with Gasteiger partial charge in [0.1, 0.15) is 6.08 Å². The molecule has 1 aliphatic rings. The van der Waals surface area contributed by atoms with Crippen LogP contribution in [-0.4, -0.2) is 70.8 Å². The fraction of sp³-hybridized carbons (Fsp3) is 0.567. The number of rotatable bonds is 19. The minimum absolute atomic E-state index is 0.0831. The van der Waals surface area contributed by atoms with Gasteiger partial charge >= 0.3 is 6.03 Å². The molecule has 3 atom stereocenters. The molecule has 15 heteroatoms. The van der Waals surface area contributed by atoms with E-state index < -0.39 is 35.2 Å². The molecule has 1 saturated heterocycles. The van der Waals surface area contributed by atoms with Crippen molar-refractivity contribution in [1.29, 1.82) is 5.41 Å². The SMILES string of the molecule is CC(C)[C@H](NC(=O)CCCCCN1C(=O)CC(S)C1=O)C(=O)C[C@@H](CCCNC(N)=O)C(=O)Nc1ccc(COC(=N)[O-])cc1. The van der Waals surface area contributed by atoms with Gasteiger partial charge in [-0.25, -0.2) is 4.79 Å². The molecule has 0 spiro atoms. The number of carbonyl (C=O) groups excluding carboxylic acids is 6. The van der Waals surface area contributed by atoms with Gasteiger partial charge in [-0.1, -0.05) is 32.4 Å². The van der Waals surface area contributed by atoms with Gasteiger partial charge in [-0.3, -0.25) is 34.3 Å². The lowest BCUT2D eigenvalue weighted by molar-refractivity contribution is -0.253. The van der Waals surface area contributed by atoms with Crippen LogP contribution in [0.25, 0.3) is 0 Å². The molecule has 2 rings (SSSR count). The van der Waals surface area contributed by atoms with E-state index in [4.69, 9.17) is 11.1 Å². The maximum atomic E-state index is 13.4. The summed E-state index contributed by atoms with van der Waals surface area (Å²) in [5, 5.41) is 25.0. The van der Waals surface area contributed by atoms with Crippen molar-refractivity contribution in [1.82, 2.24) is 15.5 Å². The van der Waals surface area contributed by atoms with Crippen LogP contribution in [0.1, 0.15) is 70.8 Å². The topological polar surface area (TPSA) is 224 Å². The Morgan fingerprint density at radius 3 is 2.38 bits per heavy atom. The highest BCUT2D eigenvalue weighted by Gasteiger charge is 2.35. The molecule has 6 N–H and O–H groups in total. The Morgan fingerprint density at radius 2 is 1.80 bits per heavy atom. The smallest absolute Gasteiger partial charge is 0.312 e. The lowest BCUT2D eigenvalue weighted by Crippen LogP contribution is -2.45. The van der Waals surface area contributed by atoms with Gasteiger partial charge < -0.3 is 31.5 Å². The quantitative estimate of drug-likeness (QED) is 0.0420. The zero-order chi connectivity index (χ0) is 33.5. The normalized spacial score (nSPS) is 15.8. The number of likely N-dealkylation sites (tertiary alicyclic amines) is 1. The Kier molecular flexibility index (Phi) is 15.3. The summed E-state index contributed by atoms with van der Waals surface area (Å²) in [5.41, 5.74) is 6.20. The average Bonchev–Trinajstić information content (AvgIpc) is 3.21. The van der Waals surface area contributed by atoms with E-state index in [2.05, 4.69) is 33.3 Å². The van der Waals surface area contributed by atoms with E-state index in [1.807, 2.05) is 0 Å². The van der Waals surface area contributed by atoms with Gasteiger partial charge in [-0.05, 0) is 49.3 Å². The van der Waals surface area contributed by atoms with Crippen LogP contribution in [0.15, 0.2) is 24.3 Å². The summed E-state index contributed by atoms with van der Waals surface area (Å²) in [5.74, 6) is -2.57. The monoisotopic (exact) mass is 647 g/mol. The van der Waals surface area contributed by atoms with Crippen LogP contribution in [0, 0.1) is 17.2 Å². The number of nitrogens with two attached hydrogens (primary N) is 1. The van der Waals surface area contributed by atoms with Crippen molar-refractivity contribution in [2.75, 3.05) is 18.4 Å². The second-order valence-electron chi connectivity index (χ2n) is 11.3. The number of urea groups is 1.